The van der Waals surface area contributed by atoms with Crippen LogP contribution in [0.5, 0.6) is 0 Å². The van der Waals surface area contributed by atoms with Crippen molar-refractivity contribution in [2.45, 2.75) is 12.3 Å². The summed E-state index contributed by atoms with van der Waals surface area (Å²) < 4.78 is 0. The van der Waals surface area contributed by atoms with E-state index in [2.05, 4.69) is 25.3 Å². The first kappa shape index (κ1) is 17.3. The van der Waals surface area contributed by atoms with Gasteiger partial charge in [0.15, 0.2) is 5.82 Å². The van der Waals surface area contributed by atoms with Crippen molar-refractivity contribution in [3.05, 3.63) is 62.6 Å². The van der Waals surface area contributed by atoms with Gasteiger partial charge in [0.1, 0.15) is 16.3 Å². The van der Waals surface area contributed by atoms with Gasteiger partial charge in [0.05, 0.1) is 12.2 Å². The molecule has 3 rings (SSSR count). The van der Waals surface area contributed by atoms with Crippen LogP contribution in [0.3, 0.4) is 0 Å². The second kappa shape index (κ2) is 8.04. The van der Waals surface area contributed by atoms with Crippen LogP contribution in [0.4, 0.5) is 0 Å². The molecule has 3 aromatic heterocycles. The molecule has 0 atom stereocenters. The molecular formula is C16H15N5O2S2. The van der Waals surface area contributed by atoms with E-state index >= 15 is 0 Å². The maximum absolute atomic E-state index is 12.2. The molecule has 0 aliphatic rings. The van der Waals surface area contributed by atoms with Crippen LogP contribution in [0.2, 0.25) is 0 Å². The number of thioether (sulfide) groups is 1. The number of hydrogen-bond donors (Lipinski definition) is 2. The number of nitrogens with zero attached hydrogens (tertiary/aromatic N) is 3. The van der Waals surface area contributed by atoms with Crippen LogP contribution in [0.25, 0.3) is 11.5 Å². The molecule has 0 radical (unpaired) electrons. The number of thiazole rings is 1. The largest absolute Gasteiger partial charge is 0.346 e. The van der Waals surface area contributed by atoms with Crippen molar-refractivity contribution in [3.63, 3.8) is 0 Å². The summed E-state index contributed by atoms with van der Waals surface area (Å²) in [7, 11) is 0. The minimum Gasteiger partial charge on any atom is -0.346 e. The van der Waals surface area contributed by atoms with E-state index in [9.17, 15) is 9.59 Å². The summed E-state index contributed by atoms with van der Waals surface area (Å²) in [6.45, 7) is 0.269. The maximum atomic E-state index is 12.2. The Kier molecular flexibility index (Phi) is 5.56. The fourth-order valence-electron chi connectivity index (χ4n) is 2.08. The zero-order valence-electron chi connectivity index (χ0n) is 13.4. The highest BCUT2D eigenvalue weighted by atomic mass is 32.2. The molecule has 0 saturated carbocycles. The Balaban J connectivity index is 1.68. The van der Waals surface area contributed by atoms with Crippen LogP contribution < -0.4 is 10.9 Å². The van der Waals surface area contributed by atoms with Crippen molar-refractivity contribution in [2.75, 3.05) is 6.26 Å². The normalized spacial score (nSPS) is 10.6. The number of H-pyrrole nitrogens is 1. The fraction of sp³-hybridized carbons (Fsp3) is 0.188. The highest BCUT2D eigenvalue weighted by Crippen LogP contribution is 2.15. The van der Waals surface area contributed by atoms with Crippen molar-refractivity contribution in [3.8, 4) is 11.5 Å². The monoisotopic (exact) mass is 373 g/mol. The molecule has 0 spiro atoms. The average Bonchev–Trinajstić information content (AvgIpc) is 3.08. The van der Waals surface area contributed by atoms with Gasteiger partial charge in [0.2, 0.25) is 0 Å². The molecule has 0 aliphatic heterocycles. The SMILES string of the molecule is CSCc1nc(CNC(=O)c2cnc(-c3ccccn3)[nH]c2=O)cs1. The summed E-state index contributed by atoms with van der Waals surface area (Å²) in [5.41, 5.74) is 0.765. The maximum Gasteiger partial charge on any atom is 0.264 e. The van der Waals surface area contributed by atoms with Crippen molar-refractivity contribution < 1.29 is 4.79 Å². The van der Waals surface area contributed by atoms with Crippen LogP contribution in [0, 0.1) is 0 Å². The van der Waals surface area contributed by atoms with Crippen LogP contribution in [0.1, 0.15) is 21.1 Å². The Morgan fingerprint density at radius 1 is 1.36 bits per heavy atom. The first-order valence-corrected chi connectivity index (χ1v) is 9.66. The van der Waals surface area contributed by atoms with E-state index in [1.54, 1.807) is 47.5 Å². The topological polar surface area (TPSA) is 101 Å². The van der Waals surface area contributed by atoms with Gasteiger partial charge in [-0.25, -0.2) is 9.97 Å². The predicted molar refractivity (Wildman–Crippen MR) is 98.6 cm³/mol. The van der Waals surface area contributed by atoms with Gasteiger partial charge in [-0.15, -0.1) is 11.3 Å². The molecular weight excluding hydrogens is 358 g/mol. The fourth-order valence-corrected chi connectivity index (χ4v) is 3.59. The molecule has 0 aromatic carbocycles. The number of pyridine rings is 1. The van der Waals surface area contributed by atoms with Gasteiger partial charge in [0.25, 0.3) is 11.5 Å². The smallest absolute Gasteiger partial charge is 0.264 e. The Bertz CT molecular complexity index is 924. The quantitative estimate of drug-likeness (QED) is 0.686. The molecule has 3 aromatic rings. The van der Waals surface area contributed by atoms with E-state index in [4.69, 9.17) is 0 Å². The van der Waals surface area contributed by atoms with Crippen LogP contribution in [-0.2, 0) is 12.3 Å². The van der Waals surface area contributed by atoms with Gasteiger partial charge < -0.3 is 10.3 Å². The molecule has 0 unspecified atom stereocenters. The Morgan fingerprint density at radius 3 is 2.96 bits per heavy atom. The first-order valence-electron chi connectivity index (χ1n) is 7.38. The second-order valence-corrected chi connectivity index (χ2v) is 6.85. The summed E-state index contributed by atoms with van der Waals surface area (Å²) in [4.78, 5) is 39.6. The molecule has 0 saturated heterocycles. The molecule has 7 nitrogen and oxygen atoms in total. The molecule has 3 heterocycles. The van der Waals surface area contributed by atoms with E-state index in [-0.39, 0.29) is 12.1 Å². The summed E-state index contributed by atoms with van der Waals surface area (Å²) in [5, 5.41) is 5.60. The average molecular weight is 373 g/mol. The van der Waals surface area contributed by atoms with Crippen LogP contribution in [0.15, 0.2) is 40.8 Å². The highest BCUT2D eigenvalue weighted by Gasteiger charge is 2.13. The van der Waals surface area contributed by atoms with Gasteiger partial charge in [-0.3, -0.25) is 14.6 Å². The second-order valence-electron chi connectivity index (χ2n) is 5.04. The highest BCUT2D eigenvalue weighted by molar-refractivity contribution is 7.97. The van der Waals surface area contributed by atoms with Gasteiger partial charge in [-0.05, 0) is 18.4 Å². The lowest BCUT2D eigenvalue weighted by Gasteiger charge is -2.04. The predicted octanol–water partition coefficient (Wildman–Crippen LogP) is 2.08. The van der Waals surface area contributed by atoms with Gasteiger partial charge in [0, 0.05) is 23.5 Å². The van der Waals surface area contributed by atoms with E-state index in [0.717, 1.165) is 16.5 Å². The van der Waals surface area contributed by atoms with Crippen molar-refractivity contribution in [2.24, 2.45) is 0 Å². The Hall–Kier alpha value is -2.52. The molecule has 128 valence electrons. The number of hydrogen-bond acceptors (Lipinski definition) is 7. The Morgan fingerprint density at radius 2 is 2.24 bits per heavy atom. The number of carbonyl (C=O) groups is 1. The van der Waals surface area contributed by atoms with Gasteiger partial charge in [-0.1, -0.05) is 6.07 Å². The van der Waals surface area contributed by atoms with Crippen molar-refractivity contribution in [1.82, 2.24) is 25.3 Å². The van der Waals surface area contributed by atoms with Crippen molar-refractivity contribution >= 4 is 29.0 Å². The molecule has 0 aliphatic carbocycles. The van der Waals surface area contributed by atoms with Crippen molar-refractivity contribution in [1.29, 1.82) is 0 Å². The number of nitrogens with one attached hydrogen (secondary N) is 2. The lowest BCUT2D eigenvalue weighted by atomic mass is 10.3. The number of rotatable bonds is 6. The third-order valence-electron chi connectivity index (χ3n) is 3.25. The molecule has 1 amide bonds. The van der Waals surface area contributed by atoms with E-state index in [1.165, 1.54) is 6.20 Å². The number of carbonyl (C=O) groups excluding carboxylic acids is 1. The summed E-state index contributed by atoms with van der Waals surface area (Å²) >= 11 is 3.25. The number of aromatic amines is 1. The third-order valence-corrected chi connectivity index (χ3v) is 4.89. The summed E-state index contributed by atoms with van der Waals surface area (Å²) in [6, 6.07) is 5.29. The molecule has 25 heavy (non-hydrogen) atoms. The lowest BCUT2D eigenvalue weighted by Crippen LogP contribution is -2.30. The van der Waals surface area contributed by atoms with Crippen LogP contribution in [-0.4, -0.2) is 32.1 Å². The van der Waals surface area contributed by atoms with E-state index < -0.39 is 11.5 Å². The minimum absolute atomic E-state index is 0.0424. The molecule has 2 N–H and O–H groups in total. The standard InChI is InChI=1S/C16H15N5O2S2/c1-24-9-13-20-10(8-25-13)6-19-15(22)11-7-18-14(21-16(11)23)12-4-2-3-5-17-12/h2-5,7-8H,6,9H2,1H3,(H,19,22)(H,18,21,23). The third kappa shape index (κ3) is 4.31. The van der Waals surface area contributed by atoms with Gasteiger partial charge >= 0.3 is 0 Å². The number of aromatic nitrogens is 4. The summed E-state index contributed by atoms with van der Waals surface area (Å²) in [6.07, 6.45) is 4.88. The van der Waals surface area contributed by atoms with Gasteiger partial charge in [-0.2, -0.15) is 11.8 Å². The Labute approximate surface area is 152 Å². The lowest BCUT2D eigenvalue weighted by molar-refractivity contribution is 0.0948. The van der Waals surface area contributed by atoms with E-state index in [1.807, 2.05) is 11.6 Å². The molecule has 0 fully saturated rings. The van der Waals surface area contributed by atoms with Crippen LogP contribution >= 0.6 is 23.1 Å². The van der Waals surface area contributed by atoms with E-state index in [0.29, 0.717) is 11.5 Å². The zero-order valence-corrected chi connectivity index (χ0v) is 15.0. The first-order chi connectivity index (χ1) is 12.2. The molecule has 9 heteroatoms. The zero-order chi connectivity index (χ0) is 17.6. The summed E-state index contributed by atoms with van der Waals surface area (Å²) in [5.74, 6) is 0.682. The molecule has 0 bridgehead atoms. The number of amides is 1. The minimum atomic E-state index is -0.505.